The van der Waals surface area contributed by atoms with Gasteiger partial charge in [0.1, 0.15) is 0 Å². The Morgan fingerprint density at radius 2 is 1.08 bits per heavy atom. The van der Waals surface area contributed by atoms with Crippen LogP contribution < -0.4 is 15.5 Å². The summed E-state index contributed by atoms with van der Waals surface area (Å²) in [7, 11) is 0. The van der Waals surface area contributed by atoms with Crippen LogP contribution in [-0.4, -0.2) is 4.57 Å². The molecule has 62 heavy (non-hydrogen) atoms. The zero-order chi connectivity index (χ0) is 41.6. The summed E-state index contributed by atoms with van der Waals surface area (Å²) in [5, 5.41) is 5.92. The minimum atomic E-state index is -0.452. The molecule has 0 saturated carbocycles. The monoisotopic (exact) mass is 792 g/mol. The lowest BCUT2D eigenvalue weighted by Gasteiger charge is -2.34. The fourth-order valence-corrected chi connectivity index (χ4v) is 10.2. The third-order valence-electron chi connectivity index (χ3n) is 12.8. The highest BCUT2D eigenvalue weighted by Gasteiger charge is 2.46. The molecule has 0 fully saturated rings. The van der Waals surface area contributed by atoms with Crippen molar-refractivity contribution in [2.24, 2.45) is 0 Å². The molecule has 0 radical (unpaired) electrons. The van der Waals surface area contributed by atoms with E-state index in [1.165, 1.54) is 65.9 Å². The molecule has 1 aliphatic carbocycles. The summed E-state index contributed by atoms with van der Waals surface area (Å²) in [6, 6.07) is 80.0. The highest BCUT2D eigenvalue weighted by molar-refractivity contribution is 5.97. The van der Waals surface area contributed by atoms with Gasteiger partial charge in [-0.3, -0.25) is 0 Å². The van der Waals surface area contributed by atoms with Gasteiger partial charge < -0.3 is 9.47 Å². The maximum absolute atomic E-state index is 4.09. The maximum Gasteiger partial charge on any atom is 0.0713 e. The fourth-order valence-electron chi connectivity index (χ4n) is 10.2. The Labute approximate surface area is 362 Å². The van der Waals surface area contributed by atoms with E-state index in [9.17, 15) is 0 Å². The van der Waals surface area contributed by atoms with Crippen molar-refractivity contribution >= 4 is 50.9 Å². The van der Waals surface area contributed by atoms with Crippen molar-refractivity contribution in [2.75, 3.05) is 4.90 Å². The number of para-hydroxylation sites is 1. The average molecular weight is 793 g/mol. The standard InChI is InChI=1S/C60H44N2/c1-3-19-57-51(4-2)53-39-38-50(41-58(53)62(57)47-26-12-7-13-27-47)61(49-37-32-42-20-14-15-21-44(42)40-49)48-35-33-43(34-36-48)52-29-18-31-56-59(52)54-28-16-17-30-55(54)60(56,45-22-8-5-9-23-45)46-24-10-6-11-25-46/h3-41H,1H2,2H3/b51-4-,57-19+. The van der Waals surface area contributed by atoms with Crippen LogP contribution in [-0.2, 0) is 5.41 Å². The largest absolute Gasteiger partial charge is 0.310 e. The quantitative estimate of drug-likeness (QED) is 0.149. The molecule has 0 N–H and O–H groups in total. The van der Waals surface area contributed by atoms with Gasteiger partial charge in [0.15, 0.2) is 0 Å². The summed E-state index contributed by atoms with van der Waals surface area (Å²) in [5.41, 5.74) is 15.2. The number of aromatic nitrogens is 1. The number of nitrogens with zero attached hydrogens (tertiary/aromatic N) is 2. The van der Waals surface area contributed by atoms with Gasteiger partial charge in [0.05, 0.1) is 16.3 Å². The smallest absolute Gasteiger partial charge is 0.0713 e. The molecule has 10 aromatic rings. The molecule has 2 heteroatoms. The van der Waals surface area contributed by atoms with Crippen molar-refractivity contribution in [2.45, 2.75) is 12.3 Å². The van der Waals surface area contributed by atoms with E-state index in [1.807, 2.05) is 6.08 Å². The normalized spacial score (nSPS) is 13.3. The summed E-state index contributed by atoms with van der Waals surface area (Å²) in [6.45, 7) is 6.21. The Bertz CT molecular complexity index is 3380. The van der Waals surface area contributed by atoms with E-state index in [-0.39, 0.29) is 0 Å². The minimum Gasteiger partial charge on any atom is -0.310 e. The van der Waals surface area contributed by atoms with Gasteiger partial charge in [-0.2, -0.15) is 0 Å². The molecule has 294 valence electrons. The molecule has 0 aliphatic heterocycles. The van der Waals surface area contributed by atoms with E-state index in [4.69, 9.17) is 0 Å². The third-order valence-corrected chi connectivity index (χ3v) is 12.8. The Kier molecular flexibility index (Phi) is 9.13. The van der Waals surface area contributed by atoms with Crippen molar-refractivity contribution in [3.05, 3.63) is 264 Å². The molecule has 11 rings (SSSR count). The van der Waals surface area contributed by atoms with E-state index in [0.717, 1.165) is 33.6 Å². The number of allylic oxidation sites excluding steroid dienone is 1. The molecule has 2 nitrogen and oxygen atoms in total. The van der Waals surface area contributed by atoms with Crippen LogP contribution >= 0.6 is 0 Å². The maximum atomic E-state index is 4.09. The van der Waals surface area contributed by atoms with Crippen LogP contribution in [0, 0.1) is 0 Å². The lowest BCUT2D eigenvalue weighted by atomic mass is 9.67. The molecule has 0 saturated heterocycles. The number of hydrogen-bond acceptors (Lipinski definition) is 1. The van der Waals surface area contributed by atoms with Crippen molar-refractivity contribution < 1.29 is 0 Å². The molecule has 0 bridgehead atoms. The van der Waals surface area contributed by atoms with E-state index < -0.39 is 5.41 Å². The first kappa shape index (κ1) is 37.1. The van der Waals surface area contributed by atoms with E-state index in [2.05, 4.69) is 254 Å². The molecule has 1 heterocycles. The second kappa shape index (κ2) is 15.3. The predicted octanol–water partition coefficient (Wildman–Crippen LogP) is 14.1. The number of rotatable bonds is 8. The van der Waals surface area contributed by atoms with Gasteiger partial charge in [0, 0.05) is 33.4 Å². The van der Waals surface area contributed by atoms with Crippen LogP contribution in [0.5, 0.6) is 0 Å². The van der Waals surface area contributed by atoms with Gasteiger partial charge in [0.2, 0.25) is 0 Å². The van der Waals surface area contributed by atoms with E-state index in [0.29, 0.717) is 0 Å². The van der Waals surface area contributed by atoms with Crippen LogP contribution in [0.4, 0.5) is 17.1 Å². The molecule has 1 aromatic heterocycles. The summed E-state index contributed by atoms with van der Waals surface area (Å²) < 4.78 is 2.36. The number of benzene rings is 9. The zero-order valence-electron chi connectivity index (χ0n) is 34.6. The zero-order valence-corrected chi connectivity index (χ0v) is 34.6. The molecule has 0 unspecified atom stereocenters. The molecular weight excluding hydrogens is 749 g/mol. The van der Waals surface area contributed by atoms with Crippen LogP contribution in [0.2, 0.25) is 0 Å². The van der Waals surface area contributed by atoms with E-state index >= 15 is 0 Å². The van der Waals surface area contributed by atoms with Gasteiger partial charge in [0.25, 0.3) is 0 Å². The van der Waals surface area contributed by atoms with Gasteiger partial charge in [-0.1, -0.05) is 189 Å². The first-order valence-corrected chi connectivity index (χ1v) is 21.4. The average Bonchev–Trinajstić information content (AvgIpc) is 3.82. The van der Waals surface area contributed by atoms with Crippen molar-refractivity contribution in [1.29, 1.82) is 0 Å². The van der Waals surface area contributed by atoms with Crippen LogP contribution in [0.1, 0.15) is 29.2 Å². The summed E-state index contributed by atoms with van der Waals surface area (Å²) >= 11 is 0. The first-order chi connectivity index (χ1) is 30.7. The molecule has 0 amide bonds. The number of anilines is 3. The summed E-state index contributed by atoms with van der Waals surface area (Å²) in [5.74, 6) is 0. The van der Waals surface area contributed by atoms with Crippen LogP contribution in [0.3, 0.4) is 0 Å². The van der Waals surface area contributed by atoms with Gasteiger partial charge in [-0.25, -0.2) is 0 Å². The Hall–Kier alpha value is -7.94. The lowest BCUT2D eigenvalue weighted by molar-refractivity contribution is 0.768. The van der Waals surface area contributed by atoms with Crippen molar-refractivity contribution in [1.82, 2.24) is 4.57 Å². The van der Waals surface area contributed by atoms with Crippen molar-refractivity contribution in [3.63, 3.8) is 0 Å². The summed E-state index contributed by atoms with van der Waals surface area (Å²) in [6.07, 6.45) is 6.21. The minimum absolute atomic E-state index is 0.452. The highest BCUT2D eigenvalue weighted by Crippen LogP contribution is 2.58. The predicted molar refractivity (Wildman–Crippen MR) is 262 cm³/mol. The number of hydrogen-bond donors (Lipinski definition) is 0. The Balaban J connectivity index is 1.10. The topological polar surface area (TPSA) is 8.17 Å². The van der Waals surface area contributed by atoms with Crippen LogP contribution in [0.15, 0.2) is 231 Å². The van der Waals surface area contributed by atoms with Crippen molar-refractivity contribution in [3.8, 4) is 27.9 Å². The molecule has 9 aromatic carbocycles. The fraction of sp³-hybridized carbons (Fsp3) is 0.0333. The molecule has 0 spiro atoms. The number of fused-ring (bicyclic) bond motifs is 5. The van der Waals surface area contributed by atoms with Crippen LogP contribution in [0.25, 0.3) is 61.8 Å². The third kappa shape index (κ3) is 5.79. The SMILES string of the molecule is C=C/C=c1\c(=C/C)c2ccc(N(c3ccc(-c4cccc5c4-c4ccccc4C5(c4ccccc4)c4ccccc4)cc3)c3ccc4ccccc4c3)cc2n1-c1ccccc1. The Morgan fingerprint density at radius 1 is 0.500 bits per heavy atom. The van der Waals surface area contributed by atoms with E-state index in [1.54, 1.807) is 0 Å². The van der Waals surface area contributed by atoms with Gasteiger partial charge >= 0.3 is 0 Å². The van der Waals surface area contributed by atoms with Gasteiger partial charge in [-0.15, -0.1) is 0 Å². The van der Waals surface area contributed by atoms with Gasteiger partial charge in [-0.05, 0) is 117 Å². The molecule has 1 aliphatic rings. The lowest BCUT2D eigenvalue weighted by Crippen LogP contribution is -2.28. The second-order valence-corrected chi connectivity index (χ2v) is 16.0. The molecule has 0 atom stereocenters. The highest BCUT2D eigenvalue weighted by atomic mass is 15.1. The Morgan fingerprint density at radius 3 is 1.79 bits per heavy atom. The summed E-state index contributed by atoms with van der Waals surface area (Å²) in [4.78, 5) is 2.39. The molecular formula is C60H44N2. The second-order valence-electron chi connectivity index (χ2n) is 16.0. The first-order valence-electron chi connectivity index (χ1n) is 21.4.